The maximum atomic E-state index is 15.1. The minimum atomic E-state index is -1.04. The Kier molecular flexibility index (Phi) is 15.3. The quantitative estimate of drug-likeness (QED) is 0.112. The second-order valence-electron chi connectivity index (χ2n) is 19.5. The number of benzene rings is 4. The van der Waals surface area contributed by atoms with Crippen molar-refractivity contribution in [1.82, 2.24) is 20.4 Å². The second-order valence-corrected chi connectivity index (χ2v) is 19.5. The average molecular weight is 943 g/mol. The summed E-state index contributed by atoms with van der Waals surface area (Å²) in [5, 5.41) is 8.86. The fraction of sp³-hybridized carbons (Fsp3) is 0.538. The van der Waals surface area contributed by atoms with Gasteiger partial charge < -0.3 is 48.5 Å². The van der Waals surface area contributed by atoms with Gasteiger partial charge in [0, 0.05) is 51.6 Å². The number of carbonyl (C=O) groups excluding carboxylic acids is 4. The summed E-state index contributed by atoms with van der Waals surface area (Å²) in [6.07, 6.45) is 2.31. The highest BCUT2D eigenvalue weighted by molar-refractivity contribution is 6.09. The van der Waals surface area contributed by atoms with Gasteiger partial charge in [-0.15, -0.1) is 0 Å². The van der Waals surface area contributed by atoms with Gasteiger partial charge in [0.2, 0.25) is 11.8 Å². The van der Waals surface area contributed by atoms with Crippen molar-refractivity contribution in [1.29, 1.82) is 0 Å². The van der Waals surface area contributed by atoms with Crippen LogP contribution in [0.1, 0.15) is 102 Å². The van der Waals surface area contributed by atoms with E-state index in [2.05, 4.69) is 10.6 Å². The Hall–Kier alpha value is -6.00. The van der Waals surface area contributed by atoms with E-state index in [9.17, 15) is 14.4 Å². The van der Waals surface area contributed by atoms with Crippen molar-refractivity contribution in [3.63, 3.8) is 0 Å². The van der Waals surface area contributed by atoms with E-state index >= 15 is 4.79 Å². The fourth-order valence-corrected chi connectivity index (χ4v) is 10.3. The summed E-state index contributed by atoms with van der Waals surface area (Å²) in [4.78, 5) is 60.8. The van der Waals surface area contributed by atoms with Gasteiger partial charge >= 0.3 is 11.9 Å². The molecule has 2 heterocycles. The van der Waals surface area contributed by atoms with Crippen molar-refractivity contribution in [3.8, 4) is 45.6 Å². The lowest BCUT2D eigenvalue weighted by molar-refractivity contribution is -0.149. The summed E-state index contributed by atoms with van der Waals surface area (Å²) < 4.78 is 47.6. The van der Waals surface area contributed by atoms with Gasteiger partial charge in [0.25, 0.3) is 0 Å². The Morgan fingerprint density at radius 2 is 0.926 bits per heavy atom. The van der Waals surface area contributed by atoms with Crippen molar-refractivity contribution >= 4 is 45.3 Å². The zero-order chi connectivity index (χ0) is 50.2. The molecule has 0 aromatic heterocycles. The van der Waals surface area contributed by atoms with Crippen LogP contribution in [0.5, 0.6) is 34.5 Å². The first-order chi connectivity index (χ1) is 32.1. The molecule has 0 saturated carbocycles. The number of nitrogens with one attached hydrogen (secondary N) is 2. The van der Waals surface area contributed by atoms with Crippen molar-refractivity contribution in [2.75, 3.05) is 70.0 Å². The zero-order valence-electron chi connectivity index (χ0n) is 42.7. The highest BCUT2D eigenvalue weighted by atomic mass is 16.5. The summed E-state index contributed by atoms with van der Waals surface area (Å²) in [6.45, 7) is 16.2. The highest BCUT2D eigenvalue weighted by Gasteiger charge is 2.46. The number of likely N-dealkylation sites (tertiary alicyclic amines) is 2. The van der Waals surface area contributed by atoms with Crippen LogP contribution in [0.25, 0.3) is 32.7 Å². The third-order valence-corrected chi connectivity index (χ3v) is 12.9. The Balaban J connectivity index is 1.81. The number of esters is 2. The van der Waals surface area contributed by atoms with Crippen LogP contribution in [-0.4, -0.2) is 127 Å². The van der Waals surface area contributed by atoms with Crippen molar-refractivity contribution < 1.29 is 57.1 Å². The van der Waals surface area contributed by atoms with Gasteiger partial charge in [-0.05, 0) is 127 Å². The number of fused-ring (bicyclic) bond motifs is 2. The predicted octanol–water partition coefficient (Wildman–Crippen LogP) is 7.51. The van der Waals surface area contributed by atoms with Crippen molar-refractivity contribution in [2.45, 2.75) is 116 Å². The highest BCUT2D eigenvalue weighted by Crippen LogP contribution is 2.55. The van der Waals surface area contributed by atoms with Gasteiger partial charge in [0.1, 0.15) is 35.7 Å². The molecule has 16 heteroatoms. The lowest BCUT2D eigenvalue weighted by Crippen LogP contribution is -2.50. The molecule has 4 aromatic rings. The van der Waals surface area contributed by atoms with Crippen molar-refractivity contribution in [2.24, 2.45) is 0 Å². The summed E-state index contributed by atoms with van der Waals surface area (Å²) >= 11 is 0. The minimum absolute atomic E-state index is 0.306. The van der Waals surface area contributed by atoms with Crippen LogP contribution in [0.15, 0.2) is 24.3 Å². The van der Waals surface area contributed by atoms with Crippen LogP contribution in [0.3, 0.4) is 0 Å². The van der Waals surface area contributed by atoms with Crippen LogP contribution in [-0.2, 0) is 28.7 Å². The zero-order valence-corrected chi connectivity index (χ0v) is 42.7. The number of aryl methyl sites for hydroxylation is 1. The van der Waals surface area contributed by atoms with Gasteiger partial charge in [0.15, 0.2) is 23.0 Å². The Morgan fingerprint density at radius 3 is 1.34 bits per heavy atom. The molecule has 6 rings (SSSR count). The molecule has 4 atom stereocenters. The molecule has 2 aliphatic heterocycles. The van der Waals surface area contributed by atoms with E-state index in [4.69, 9.17) is 37.9 Å². The Morgan fingerprint density at radius 1 is 0.529 bits per heavy atom. The van der Waals surface area contributed by atoms with E-state index in [1.807, 2.05) is 89.5 Å². The van der Waals surface area contributed by atoms with E-state index in [0.29, 0.717) is 123 Å². The van der Waals surface area contributed by atoms with Crippen molar-refractivity contribution in [3.05, 3.63) is 46.5 Å². The van der Waals surface area contributed by atoms with Crippen LogP contribution < -0.4 is 39.1 Å². The lowest BCUT2D eigenvalue weighted by atomic mass is 9.82. The first-order valence-corrected chi connectivity index (χ1v) is 23.0. The topological polar surface area (TPSA) is 173 Å². The molecule has 2 N–H and O–H groups in total. The molecule has 0 bridgehead atoms. The number of carbonyl (C=O) groups is 4. The molecule has 2 amide bonds. The maximum absolute atomic E-state index is 15.1. The first-order valence-electron chi connectivity index (χ1n) is 23.0. The average Bonchev–Trinajstić information content (AvgIpc) is 3.98. The first kappa shape index (κ1) is 51.4. The third-order valence-electron chi connectivity index (χ3n) is 12.9. The Labute approximate surface area is 400 Å². The van der Waals surface area contributed by atoms with E-state index in [0.717, 1.165) is 5.56 Å². The monoisotopic (exact) mass is 942 g/mol. The molecular weight excluding hydrogens is 873 g/mol. The largest absolute Gasteiger partial charge is 0.495 e. The van der Waals surface area contributed by atoms with Gasteiger partial charge in [-0.2, -0.15) is 0 Å². The van der Waals surface area contributed by atoms with E-state index in [1.54, 1.807) is 28.4 Å². The van der Waals surface area contributed by atoms with Gasteiger partial charge in [-0.1, -0.05) is 6.07 Å². The van der Waals surface area contributed by atoms with E-state index < -0.39 is 47.2 Å². The summed E-state index contributed by atoms with van der Waals surface area (Å²) in [5.41, 5.74) is 2.47. The fourth-order valence-electron chi connectivity index (χ4n) is 10.3. The van der Waals surface area contributed by atoms with Crippen LogP contribution in [0.4, 0.5) is 0 Å². The van der Waals surface area contributed by atoms with E-state index in [-0.39, 0.29) is 11.8 Å². The number of ether oxygens (including phenoxy) is 8. The molecule has 0 spiro atoms. The number of nitrogens with zero attached hydrogens (tertiary/aromatic N) is 2. The van der Waals surface area contributed by atoms with Crippen LogP contribution in [0.2, 0.25) is 0 Å². The number of amides is 2. The third kappa shape index (κ3) is 9.54. The van der Waals surface area contributed by atoms with Crippen LogP contribution in [0, 0.1) is 13.8 Å². The molecule has 0 radical (unpaired) electrons. The lowest BCUT2D eigenvalue weighted by Gasteiger charge is -2.36. The molecule has 4 aromatic carbocycles. The van der Waals surface area contributed by atoms with Gasteiger partial charge in [0.05, 0.1) is 56.9 Å². The van der Waals surface area contributed by atoms with Crippen LogP contribution >= 0.6 is 0 Å². The molecule has 2 unspecified atom stereocenters. The normalized spacial score (nSPS) is 17.6. The second kappa shape index (κ2) is 20.3. The number of methoxy groups -OCH3 is 8. The standard InChI is InChI=1S/C52H70N4O12/c1-27-23-29-32(26-37(63-11)46(66-14)41(29)43(48(58)54-52(6,7)8)56-22-18-20-34(56)50(60)68-16)44(64-12)38(27)40-28(2)39(30-24-35(61-9)36(62-10)25-31(30)45(40)65-13)42(47(57)53-51(3,4)5)55-21-17-19-33(55)49(59)67-15/h23-26,33-34,42-43H,17-22H2,1-16H3,(H,53,57)(H,54,58)/t33-,34-,42?,43?/m1/s1. The molecular formula is C52H70N4O12. The number of rotatable bonds is 15. The molecule has 16 nitrogen and oxygen atoms in total. The number of hydrogen-bond acceptors (Lipinski definition) is 14. The summed E-state index contributed by atoms with van der Waals surface area (Å²) in [6, 6.07) is 4.04. The number of hydrogen-bond donors (Lipinski definition) is 2. The minimum Gasteiger partial charge on any atom is -0.495 e. The SMILES string of the molecule is COC(=O)[C@H]1CCCN1C(C(=O)NC(C)(C)C)c1c(C)c(-c2c(C)cc3c(C(C(=O)NC(C)(C)C)N4CCC[C@@H]4C(=O)OC)c(OC)c(OC)cc3c2OC)c(OC)c2cc(OC)c(OC)cc12. The van der Waals surface area contributed by atoms with Gasteiger partial charge in [-0.3, -0.25) is 29.0 Å². The predicted molar refractivity (Wildman–Crippen MR) is 260 cm³/mol. The maximum Gasteiger partial charge on any atom is 0.323 e. The van der Waals surface area contributed by atoms with E-state index in [1.165, 1.54) is 28.4 Å². The molecule has 2 saturated heterocycles. The van der Waals surface area contributed by atoms with Gasteiger partial charge in [-0.25, -0.2) is 0 Å². The Bertz CT molecular complexity index is 2600. The summed E-state index contributed by atoms with van der Waals surface area (Å²) in [5.74, 6) is 0.870. The molecule has 2 aliphatic rings. The summed E-state index contributed by atoms with van der Waals surface area (Å²) in [7, 11) is 12.0. The molecule has 68 heavy (non-hydrogen) atoms. The molecule has 2 fully saturated rings. The molecule has 0 aliphatic carbocycles. The molecule has 370 valence electrons. The smallest absolute Gasteiger partial charge is 0.323 e.